The van der Waals surface area contributed by atoms with Crippen LogP contribution in [0, 0.1) is 0 Å². The Morgan fingerprint density at radius 3 is 2.12 bits per heavy atom. The number of anilines is 2. The average Bonchev–Trinajstić information content (AvgIpc) is 2.54. The molecule has 0 aromatic heterocycles. The van der Waals surface area contributed by atoms with E-state index < -0.39 is 15.6 Å². The number of nitrogens with one attached hydrogen (secondary N) is 1. The minimum absolute atomic E-state index is 0.302. The molecule has 0 aliphatic rings. The number of nitrogen functional groups attached to an aromatic ring is 1. The van der Waals surface area contributed by atoms with E-state index in [4.69, 9.17) is 16.2 Å². The first-order valence-corrected chi connectivity index (χ1v) is 9.50. The molecule has 2 aromatic carbocycles. The van der Waals surface area contributed by atoms with Crippen molar-refractivity contribution >= 4 is 21.4 Å². The number of hydrogen-bond donors (Lipinski definition) is 3. The fraction of sp³-hybridized carbons (Fsp3) is 0.294. The third-order valence-electron chi connectivity index (χ3n) is 3.81. The maximum Gasteiger partial charge on any atom is 0.229 e. The van der Waals surface area contributed by atoms with Crippen LogP contribution >= 0.6 is 0 Å². The molecule has 130 valence electrons. The molecule has 0 radical (unpaired) electrons. The Labute approximate surface area is 142 Å². The second-order valence-corrected chi connectivity index (χ2v) is 7.42. The lowest BCUT2D eigenvalue weighted by Gasteiger charge is -2.33. The summed E-state index contributed by atoms with van der Waals surface area (Å²) in [5.74, 6) is 0.609. The SMILES string of the molecule is CCC(CN)(Oc1ccc(NS(C)(=O)=O)cc1)c1ccc(N)cc1. The predicted octanol–water partition coefficient (Wildman–Crippen LogP) is 2.28. The Hall–Kier alpha value is -2.25. The Morgan fingerprint density at radius 1 is 1.08 bits per heavy atom. The average molecular weight is 349 g/mol. The van der Waals surface area contributed by atoms with Gasteiger partial charge in [0.05, 0.1) is 6.26 Å². The molecule has 0 bridgehead atoms. The third kappa shape index (κ3) is 4.39. The van der Waals surface area contributed by atoms with Crippen molar-refractivity contribution < 1.29 is 13.2 Å². The second kappa shape index (κ2) is 7.11. The van der Waals surface area contributed by atoms with Gasteiger partial charge >= 0.3 is 0 Å². The van der Waals surface area contributed by atoms with Crippen molar-refractivity contribution in [2.24, 2.45) is 5.73 Å². The molecule has 7 heteroatoms. The van der Waals surface area contributed by atoms with Crippen molar-refractivity contribution in [1.29, 1.82) is 0 Å². The summed E-state index contributed by atoms with van der Waals surface area (Å²) in [6, 6.07) is 14.2. The molecule has 5 N–H and O–H groups in total. The van der Waals surface area contributed by atoms with Gasteiger partial charge in [0, 0.05) is 17.9 Å². The van der Waals surface area contributed by atoms with Gasteiger partial charge in [0.1, 0.15) is 11.4 Å². The Morgan fingerprint density at radius 2 is 1.67 bits per heavy atom. The lowest BCUT2D eigenvalue weighted by atomic mass is 9.90. The quantitative estimate of drug-likeness (QED) is 0.665. The van der Waals surface area contributed by atoms with Gasteiger partial charge in [0.2, 0.25) is 10.0 Å². The topological polar surface area (TPSA) is 107 Å². The highest BCUT2D eigenvalue weighted by molar-refractivity contribution is 7.92. The van der Waals surface area contributed by atoms with Gasteiger partial charge in [-0.1, -0.05) is 19.1 Å². The van der Waals surface area contributed by atoms with Crippen LogP contribution in [0.5, 0.6) is 5.75 Å². The summed E-state index contributed by atoms with van der Waals surface area (Å²) in [5, 5.41) is 0. The molecule has 6 nitrogen and oxygen atoms in total. The third-order valence-corrected chi connectivity index (χ3v) is 4.41. The molecule has 0 spiro atoms. The van der Waals surface area contributed by atoms with Crippen molar-refractivity contribution in [1.82, 2.24) is 0 Å². The van der Waals surface area contributed by atoms with Gasteiger partial charge in [-0.25, -0.2) is 8.42 Å². The summed E-state index contributed by atoms with van der Waals surface area (Å²) in [4.78, 5) is 0. The van der Waals surface area contributed by atoms with E-state index in [0.717, 1.165) is 11.8 Å². The van der Waals surface area contributed by atoms with Crippen LogP contribution in [0.1, 0.15) is 18.9 Å². The highest BCUT2D eigenvalue weighted by atomic mass is 32.2. The number of hydrogen-bond acceptors (Lipinski definition) is 5. The summed E-state index contributed by atoms with van der Waals surface area (Å²) >= 11 is 0. The summed E-state index contributed by atoms with van der Waals surface area (Å²) < 4.78 is 31.1. The van der Waals surface area contributed by atoms with E-state index in [2.05, 4.69) is 4.72 Å². The molecule has 0 fully saturated rings. The van der Waals surface area contributed by atoms with Crippen molar-refractivity contribution in [3.8, 4) is 5.75 Å². The van der Waals surface area contributed by atoms with Crippen LogP contribution in [0.25, 0.3) is 0 Å². The molecule has 0 saturated carbocycles. The maximum atomic E-state index is 11.3. The highest BCUT2D eigenvalue weighted by Crippen LogP contribution is 2.32. The van der Waals surface area contributed by atoms with Crippen LogP contribution in [-0.4, -0.2) is 21.2 Å². The molecule has 2 aromatic rings. The van der Waals surface area contributed by atoms with Gasteiger partial charge < -0.3 is 16.2 Å². The molecule has 1 atom stereocenters. The Kier molecular flexibility index (Phi) is 5.36. The zero-order valence-corrected chi connectivity index (χ0v) is 14.6. The zero-order chi connectivity index (χ0) is 17.8. The fourth-order valence-corrected chi connectivity index (χ4v) is 3.02. The smallest absolute Gasteiger partial charge is 0.229 e. The molecule has 0 saturated heterocycles. The molecule has 2 rings (SSSR count). The maximum absolute atomic E-state index is 11.3. The van der Waals surface area contributed by atoms with Crippen LogP contribution < -0.4 is 20.9 Å². The lowest BCUT2D eigenvalue weighted by Crippen LogP contribution is -2.40. The summed E-state index contributed by atoms with van der Waals surface area (Å²) in [7, 11) is -3.30. The molecule has 0 aliphatic heterocycles. The van der Waals surface area contributed by atoms with E-state index in [1.807, 2.05) is 31.2 Å². The van der Waals surface area contributed by atoms with Gasteiger partial charge in [-0.3, -0.25) is 4.72 Å². The number of ether oxygens (including phenoxy) is 1. The predicted molar refractivity (Wildman–Crippen MR) is 97.4 cm³/mol. The van der Waals surface area contributed by atoms with Crippen LogP contribution in [0.15, 0.2) is 48.5 Å². The molecule has 1 unspecified atom stereocenters. The second-order valence-electron chi connectivity index (χ2n) is 5.67. The first-order valence-electron chi connectivity index (χ1n) is 7.61. The molecule has 0 aliphatic carbocycles. The number of rotatable bonds is 7. The zero-order valence-electron chi connectivity index (χ0n) is 13.8. The largest absolute Gasteiger partial charge is 0.481 e. The van der Waals surface area contributed by atoms with Crippen molar-refractivity contribution in [2.45, 2.75) is 18.9 Å². The van der Waals surface area contributed by atoms with Gasteiger partial charge in [-0.2, -0.15) is 0 Å². The molecular formula is C17H23N3O3S. The standard InChI is InChI=1S/C17H23N3O3S/c1-3-17(12-18,13-4-6-14(19)7-5-13)23-16-10-8-15(9-11-16)20-24(2,21)22/h4-11,20H,3,12,18-19H2,1-2H3. The normalized spacial score (nSPS) is 14.0. The van der Waals surface area contributed by atoms with E-state index in [-0.39, 0.29) is 0 Å². The van der Waals surface area contributed by atoms with Gasteiger partial charge in [0.15, 0.2) is 0 Å². The first-order chi connectivity index (χ1) is 11.3. The van der Waals surface area contributed by atoms with Crippen LogP contribution in [0.3, 0.4) is 0 Å². The Balaban J connectivity index is 2.26. The van der Waals surface area contributed by atoms with Crippen LogP contribution in [-0.2, 0) is 15.6 Å². The van der Waals surface area contributed by atoms with Gasteiger partial charge in [0.25, 0.3) is 0 Å². The van der Waals surface area contributed by atoms with E-state index in [1.54, 1.807) is 24.3 Å². The van der Waals surface area contributed by atoms with E-state index in [0.29, 0.717) is 30.1 Å². The summed E-state index contributed by atoms with van der Waals surface area (Å²) in [6.07, 6.45) is 1.78. The van der Waals surface area contributed by atoms with Crippen molar-refractivity contribution in [2.75, 3.05) is 23.3 Å². The molecule has 0 amide bonds. The van der Waals surface area contributed by atoms with Crippen LogP contribution in [0.4, 0.5) is 11.4 Å². The minimum atomic E-state index is -3.30. The Bertz CT molecular complexity index is 768. The van der Waals surface area contributed by atoms with E-state index >= 15 is 0 Å². The first kappa shape index (κ1) is 18.1. The van der Waals surface area contributed by atoms with E-state index in [1.165, 1.54) is 0 Å². The number of sulfonamides is 1. The van der Waals surface area contributed by atoms with Gasteiger partial charge in [-0.15, -0.1) is 0 Å². The fourth-order valence-electron chi connectivity index (χ4n) is 2.46. The summed E-state index contributed by atoms with van der Waals surface area (Å²) in [5.41, 5.74) is 13.2. The van der Waals surface area contributed by atoms with Crippen LogP contribution in [0.2, 0.25) is 0 Å². The molecular weight excluding hydrogens is 326 g/mol. The molecule has 24 heavy (non-hydrogen) atoms. The van der Waals surface area contributed by atoms with Crippen molar-refractivity contribution in [3.63, 3.8) is 0 Å². The minimum Gasteiger partial charge on any atom is -0.481 e. The number of benzene rings is 2. The van der Waals surface area contributed by atoms with E-state index in [9.17, 15) is 8.42 Å². The summed E-state index contributed by atoms with van der Waals surface area (Å²) in [6.45, 7) is 2.31. The molecule has 0 heterocycles. The lowest BCUT2D eigenvalue weighted by molar-refractivity contribution is 0.0710. The van der Waals surface area contributed by atoms with Gasteiger partial charge in [-0.05, 0) is 48.4 Å². The highest BCUT2D eigenvalue weighted by Gasteiger charge is 2.31. The number of nitrogens with two attached hydrogens (primary N) is 2. The van der Waals surface area contributed by atoms with Crippen molar-refractivity contribution in [3.05, 3.63) is 54.1 Å². The monoisotopic (exact) mass is 349 g/mol.